The molecule has 0 radical (unpaired) electrons. The number of hydrogen-bond acceptors (Lipinski definition) is 4. The lowest BCUT2D eigenvalue weighted by molar-refractivity contribution is 0.0600. The average molecular weight is 249 g/mol. The molecule has 0 bridgehead atoms. The van der Waals surface area contributed by atoms with E-state index in [-0.39, 0.29) is 12.4 Å². The largest absolute Gasteiger partial charge is 0.467 e. The van der Waals surface area contributed by atoms with Crippen molar-refractivity contribution < 1.29 is 18.3 Å². The molecular formula is C13H12FNO3. The highest BCUT2D eigenvalue weighted by Gasteiger charge is 2.10. The molecule has 0 amide bonds. The van der Waals surface area contributed by atoms with Crippen LogP contribution in [-0.2, 0) is 11.3 Å². The van der Waals surface area contributed by atoms with E-state index in [1.807, 2.05) is 0 Å². The second kappa shape index (κ2) is 5.35. The summed E-state index contributed by atoms with van der Waals surface area (Å²) in [6, 6.07) is 7.89. The number of methoxy groups -OCH3 is 1. The minimum absolute atomic E-state index is 0.290. The van der Waals surface area contributed by atoms with Crippen LogP contribution in [0.1, 0.15) is 16.1 Å². The number of anilines is 1. The van der Waals surface area contributed by atoms with Crippen molar-refractivity contribution in [3.63, 3.8) is 0 Å². The molecule has 0 fully saturated rings. The maximum atomic E-state index is 13.3. The highest BCUT2D eigenvalue weighted by atomic mass is 19.1. The van der Waals surface area contributed by atoms with Crippen LogP contribution in [0.5, 0.6) is 0 Å². The number of carbonyl (C=O) groups excluding carboxylic acids is 1. The van der Waals surface area contributed by atoms with E-state index in [4.69, 9.17) is 4.42 Å². The highest BCUT2D eigenvalue weighted by molar-refractivity contribution is 5.88. The Morgan fingerprint density at radius 1 is 1.44 bits per heavy atom. The molecule has 0 aliphatic carbocycles. The Hall–Kier alpha value is -2.30. The van der Waals surface area contributed by atoms with Crippen LogP contribution in [0.4, 0.5) is 10.1 Å². The Balaban J connectivity index is 2.01. The molecule has 1 aromatic heterocycles. The zero-order valence-corrected chi connectivity index (χ0v) is 9.77. The Labute approximate surface area is 103 Å². The number of carbonyl (C=O) groups is 1. The molecule has 94 valence electrons. The van der Waals surface area contributed by atoms with Crippen molar-refractivity contribution in [3.8, 4) is 0 Å². The van der Waals surface area contributed by atoms with Gasteiger partial charge in [0.05, 0.1) is 24.9 Å². The van der Waals surface area contributed by atoms with Crippen LogP contribution in [0.3, 0.4) is 0 Å². The average Bonchev–Trinajstić information content (AvgIpc) is 2.86. The lowest BCUT2D eigenvalue weighted by atomic mass is 10.3. The summed E-state index contributed by atoms with van der Waals surface area (Å²) in [5, 5.41) is 2.88. The predicted octanol–water partition coefficient (Wildman–Crippen LogP) is 2.82. The number of ether oxygens (including phenoxy) is 1. The number of para-hydroxylation sites is 1. The summed E-state index contributed by atoms with van der Waals surface area (Å²) in [4.78, 5) is 11.2. The van der Waals surface area contributed by atoms with Gasteiger partial charge in [-0.2, -0.15) is 0 Å². The zero-order chi connectivity index (χ0) is 13.0. The van der Waals surface area contributed by atoms with E-state index in [2.05, 4.69) is 10.1 Å². The first-order valence-electron chi connectivity index (χ1n) is 5.35. The van der Waals surface area contributed by atoms with Crippen LogP contribution in [-0.4, -0.2) is 13.1 Å². The molecule has 0 aliphatic heterocycles. The van der Waals surface area contributed by atoms with Gasteiger partial charge in [0.1, 0.15) is 17.8 Å². The quantitative estimate of drug-likeness (QED) is 0.846. The van der Waals surface area contributed by atoms with Crippen molar-refractivity contribution in [2.24, 2.45) is 0 Å². The number of benzene rings is 1. The molecule has 18 heavy (non-hydrogen) atoms. The van der Waals surface area contributed by atoms with Gasteiger partial charge in [-0.3, -0.25) is 0 Å². The lowest BCUT2D eigenvalue weighted by Gasteiger charge is -2.04. The molecule has 4 nitrogen and oxygen atoms in total. The molecule has 0 atom stereocenters. The van der Waals surface area contributed by atoms with Gasteiger partial charge < -0.3 is 14.5 Å². The van der Waals surface area contributed by atoms with Crippen molar-refractivity contribution >= 4 is 11.7 Å². The summed E-state index contributed by atoms with van der Waals surface area (Å²) >= 11 is 0. The zero-order valence-electron chi connectivity index (χ0n) is 9.77. The maximum Gasteiger partial charge on any atom is 0.341 e. The van der Waals surface area contributed by atoms with Gasteiger partial charge in [-0.05, 0) is 18.2 Å². The summed E-state index contributed by atoms with van der Waals surface area (Å²) in [6.07, 6.45) is 1.31. The minimum atomic E-state index is -0.462. The van der Waals surface area contributed by atoms with Crippen molar-refractivity contribution in [2.45, 2.75) is 6.54 Å². The second-order valence-corrected chi connectivity index (χ2v) is 3.63. The number of rotatable bonds is 4. The maximum absolute atomic E-state index is 13.3. The number of furan rings is 1. The van der Waals surface area contributed by atoms with Gasteiger partial charge in [0.25, 0.3) is 0 Å². The molecule has 0 aliphatic rings. The molecular weight excluding hydrogens is 237 g/mol. The Morgan fingerprint density at radius 3 is 2.94 bits per heavy atom. The first kappa shape index (κ1) is 12.2. The fourth-order valence-corrected chi connectivity index (χ4v) is 1.49. The third-order valence-corrected chi connectivity index (χ3v) is 2.40. The number of halogens is 1. The second-order valence-electron chi connectivity index (χ2n) is 3.63. The van der Waals surface area contributed by atoms with E-state index in [0.717, 1.165) is 0 Å². The van der Waals surface area contributed by atoms with Crippen molar-refractivity contribution in [2.75, 3.05) is 12.4 Å². The predicted molar refractivity (Wildman–Crippen MR) is 63.8 cm³/mol. The normalized spacial score (nSPS) is 10.1. The SMILES string of the molecule is COC(=O)c1coc(CNc2ccccc2F)c1. The molecule has 0 unspecified atom stereocenters. The Bertz CT molecular complexity index is 551. The van der Waals surface area contributed by atoms with Gasteiger partial charge in [0.2, 0.25) is 0 Å². The summed E-state index contributed by atoms with van der Waals surface area (Å²) < 4.78 is 23.0. The van der Waals surface area contributed by atoms with Gasteiger partial charge in [0, 0.05) is 0 Å². The number of esters is 1. The fraction of sp³-hybridized carbons (Fsp3) is 0.154. The summed E-state index contributed by atoms with van der Waals surface area (Å²) in [7, 11) is 1.30. The molecule has 1 aromatic carbocycles. The lowest BCUT2D eigenvalue weighted by Crippen LogP contribution is -2.01. The van der Waals surface area contributed by atoms with Gasteiger partial charge >= 0.3 is 5.97 Å². The molecule has 0 spiro atoms. The molecule has 2 rings (SSSR count). The summed E-state index contributed by atoms with van der Waals surface area (Å²) in [5.41, 5.74) is 0.719. The van der Waals surface area contributed by atoms with Crippen LogP contribution in [0, 0.1) is 5.82 Å². The molecule has 0 saturated carbocycles. The smallest absolute Gasteiger partial charge is 0.341 e. The van der Waals surface area contributed by atoms with Crippen LogP contribution < -0.4 is 5.32 Å². The van der Waals surface area contributed by atoms with E-state index < -0.39 is 5.97 Å². The fourth-order valence-electron chi connectivity index (χ4n) is 1.49. The standard InChI is InChI=1S/C13H12FNO3/c1-17-13(16)9-6-10(18-8-9)7-15-12-5-3-2-4-11(12)14/h2-6,8,15H,7H2,1H3. The van der Waals surface area contributed by atoms with E-state index in [9.17, 15) is 9.18 Å². The molecule has 0 saturated heterocycles. The molecule has 1 heterocycles. The van der Waals surface area contributed by atoms with Crippen molar-refractivity contribution in [3.05, 3.63) is 53.7 Å². The third kappa shape index (κ3) is 2.68. The Morgan fingerprint density at radius 2 is 2.22 bits per heavy atom. The van der Waals surface area contributed by atoms with Gasteiger partial charge in [-0.1, -0.05) is 12.1 Å². The van der Waals surface area contributed by atoms with Crippen LogP contribution >= 0.6 is 0 Å². The molecule has 2 aromatic rings. The van der Waals surface area contributed by atoms with E-state index in [1.54, 1.807) is 24.3 Å². The van der Waals surface area contributed by atoms with Gasteiger partial charge in [-0.25, -0.2) is 9.18 Å². The Kier molecular flexibility index (Phi) is 3.62. The van der Waals surface area contributed by atoms with E-state index in [1.165, 1.54) is 19.4 Å². The monoisotopic (exact) mass is 249 g/mol. The molecule has 1 N–H and O–H groups in total. The topological polar surface area (TPSA) is 51.5 Å². The van der Waals surface area contributed by atoms with E-state index in [0.29, 0.717) is 17.0 Å². The highest BCUT2D eigenvalue weighted by Crippen LogP contribution is 2.15. The summed E-state index contributed by atoms with van der Waals surface area (Å²) in [5.74, 6) is -0.271. The third-order valence-electron chi connectivity index (χ3n) is 2.40. The van der Waals surface area contributed by atoms with Crippen LogP contribution in [0.15, 0.2) is 41.0 Å². The number of nitrogens with one attached hydrogen (secondary N) is 1. The van der Waals surface area contributed by atoms with Gasteiger partial charge in [0.15, 0.2) is 0 Å². The van der Waals surface area contributed by atoms with Crippen molar-refractivity contribution in [1.82, 2.24) is 0 Å². The first-order chi connectivity index (χ1) is 8.70. The van der Waals surface area contributed by atoms with Gasteiger partial charge in [-0.15, -0.1) is 0 Å². The first-order valence-corrected chi connectivity index (χ1v) is 5.35. The molecule has 5 heteroatoms. The van der Waals surface area contributed by atoms with E-state index >= 15 is 0 Å². The minimum Gasteiger partial charge on any atom is -0.467 e. The van der Waals surface area contributed by atoms with Crippen molar-refractivity contribution in [1.29, 1.82) is 0 Å². The summed E-state index contributed by atoms with van der Waals surface area (Å²) in [6.45, 7) is 0.290. The van der Waals surface area contributed by atoms with Crippen LogP contribution in [0.25, 0.3) is 0 Å². The van der Waals surface area contributed by atoms with Crippen LogP contribution in [0.2, 0.25) is 0 Å². The number of hydrogen-bond donors (Lipinski definition) is 1.